The van der Waals surface area contributed by atoms with Crippen LogP contribution >= 0.6 is 15.9 Å². The first kappa shape index (κ1) is 22.7. The molecule has 31 heavy (non-hydrogen) atoms. The Morgan fingerprint density at radius 1 is 1.03 bits per heavy atom. The summed E-state index contributed by atoms with van der Waals surface area (Å²) in [5, 5.41) is 12.6. The van der Waals surface area contributed by atoms with Gasteiger partial charge < -0.3 is 19.9 Å². The molecule has 0 saturated heterocycles. The van der Waals surface area contributed by atoms with E-state index in [0.29, 0.717) is 31.3 Å². The Hall–Kier alpha value is -2.99. The summed E-state index contributed by atoms with van der Waals surface area (Å²) in [7, 11) is 0. The second-order valence-electron chi connectivity index (χ2n) is 7.29. The number of carboxylic acids is 1. The summed E-state index contributed by atoms with van der Waals surface area (Å²) in [4.78, 5) is 11.3. The number of ether oxygens (including phenoxy) is 2. The van der Waals surface area contributed by atoms with Gasteiger partial charge in [0.15, 0.2) is 11.5 Å². The molecule has 0 spiro atoms. The molecule has 162 valence electrons. The van der Waals surface area contributed by atoms with Crippen LogP contribution in [-0.2, 0) is 13.2 Å². The highest BCUT2D eigenvalue weighted by molar-refractivity contribution is 9.10. The summed E-state index contributed by atoms with van der Waals surface area (Å²) in [5.74, 6) is 0.396. The van der Waals surface area contributed by atoms with Crippen molar-refractivity contribution in [2.45, 2.75) is 33.9 Å². The standard InChI is InChI=1S/C25H26BrNO4/c1-4-30-23-12-20(14-27-22-11-19(25(28)29)9-8-17(22)3)21(26)13-24(23)31-15-18-7-5-6-16(2)10-18/h5-13,27H,4,14-15H2,1-3H3,(H,28,29). The SMILES string of the molecule is CCOc1cc(CNc2cc(C(=O)O)ccc2C)c(Br)cc1OCc1cccc(C)c1. The minimum absolute atomic E-state index is 0.252. The monoisotopic (exact) mass is 483 g/mol. The molecule has 0 unspecified atom stereocenters. The zero-order valence-electron chi connectivity index (χ0n) is 17.9. The molecule has 0 aliphatic heterocycles. The van der Waals surface area contributed by atoms with Gasteiger partial charge in [-0.2, -0.15) is 0 Å². The number of halogens is 1. The highest BCUT2D eigenvalue weighted by Gasteiger charge is 2.13. The average molecular weight is 484 g/mol. The van der Waals surface area contributed by atoms with Crippen LogP contribution in [0.1, 0.15) is 39.5 Å². The van der Waals surface area contributed by atoms with Gasteiger partial charge in [0.1, 0.15) is 6.61 Å². The van der Waals surface area contributed by atoms with Crippen molar-refractivity contribution in [3.8, 4) is 11.5 Å². The number of aryl methyl sites for hydroxylation is 2. The quantitative estimate of drug-likeness (QED) is 0.370. The predicted octanol–water partition coefficient (Wildman–Crippen LogP) is 6.35. The fourth-order valence-corrected chi connectivity index (χ4v) is 3.66. The lowest BCUT2D eigenvalue weighted by molar-refractivity contribution is 0.0697. The smallest absolute Gasteiger partial charge is 0.335 e. The maximum absolute atomic E-state index is 11.3. The van der Waals surface area contributed by atoms with E-state index in [1.165, 1.54) is 5.56 Å². The number of aromatic carboxylic acids is 1. The normalized spacial score (nSPS) is 10.6. The van der Waals surface area contributed by atoms with E-state index >= 15 is 0 Å². The fraction of sp³-hybridized carbons (Fsp3) is 0.240. The number of hydrogen-bond donors (Lipinski definition) is 2. The lowest BCUT2D eigenvalue weighted by atomic mass is 10.1. The van der Waals surface area contributed by atoms with Crippen molar-refractivity contribution in [2.24, 2.45) is 0 Å². The molecule has 0 aromatic heterocycles. The van der Waals surface area contributed by atoms with Gasteiger partial charge in [-0.05, 0) is 61.7 Å². The molecule has 5 nitrogen and oxygen atoms in total. The average Bonchev–Trinajstić information content (AvgIpc) is 2.73. The van der Waals surface area contributed by atoms with Crippen LogP contribution in [0.4, 0.5) is 5.69 Å². The number of benzene rings is 3. The minimum Gasteiger partial charge on any atom is -0.490 e. The summed E-state index contributed by atoms with van der Waals surface area (Å²) in [6.07, 6.45) is 0. The van der Waals surface area contributed by atoms with Crippen LogP contribution in [0, 0.1) is 13.8 Å². The van der Waals surface area contributed by atoms with Crippen LogP contribution in [0.5, 0.6) is 11.5 Å². The lowest BCUT2D eigenvalue weighted by Crippen LogP contribution is -2.06. The van der Waals surface area contributed by atoms with Crippen LogP contribution in [-0.4, -0.2) is 17.7 Å². The van der Waals surface area contributed by atoms with Crippen LogP contribution in [0.25, 0.3) is 0 Å². The molecule has 0 heterocycles. The topological polar surface area (TPSA) is 67.8 Å². The molecule has 0 fully saturated rings. The molecule has 3 rings (SSSR count). The van der Waals surface area contributed by atoms with Crippen molar-refractivity contribution in [3.63, 3.8) is 0 Å². The number of carboxylic acid groups (broad SMARTS) is 1. The Kier molecular flexibility index (Phi) is 7.58. The van der Waals surface area contributed by atoms with Gasteiger partial charge in [-0.3, -0.25) is 0 Å². The molecule has 0 amide bonds. The third-order valence-electron chi connectivity index (χ3n) is 4.84. The van der Waals surface area contributed by atoms with Crippen molar-refractivity contribution in [3.05, 3.63) is 86.9 Å². The van der Waals surface area contributed by atoms with Crippen molar-refractivity contribution >= 4 is 27.6 Å². The number of hydrogen-bond acceptors (Lipinski definition) is 4. The zero-order chi connectivity index (χ0) is 22.4. The molecule has 0 atom stereocenters. The molecule has 6 heteroatoms. The number of anilines is 1. The van der Waals surface area contributed by atoms with E-state index < -0.39 is 5.97 Å². The second kappa shape index (κ2) is 10.4. The van der Waals surface area contributed by atoms with Gasteiger partial charge in [-0.15, -0.1) is 0 Å². The largest absolute Gasteiger partial charge is 0.490 e. The summed E-state index contributed by atoms with van der Waals surface area (Å²) < 4.78 is 12.8. The van der Waals surface area contributed by atoms with Crippen molar-refractivity contribution in [1.29, 1.82) is 0 Å². The highest BCUT2D eigenvalue weighted by Crippen LogP contribution is 2.35. The third-order valence-corrected chi connectivity index (χ3v) is 5.58. The number of rotatable bonds is 9. The molecule has 0 radical (unpaired) electrons. The van der Waals surface area contributed by atoms with Gasteiger partial charge in [-0.1, -0.05) is 51.8 Å². The maximum atomic E-state index is 11.3. The summed E-state index contributed by atoms with van der Waals surface area (Å²) in [6.45, 7) is 7.41. The molecular weight excluding hydrogens is 458 g/mol. The van der Waals surface area contributed by atoms with E-state index in [9.17, 15) is 9.90 Å². The molecule has 0 aliphatic rings. The van der Waals surface area contributed by atoms with E-state index in [2.05, 4.69) is 40.3 Å². The highest BCUT2D eigenvalue weighted by atomic mass is 79.9. The van der Waals surface area contributed by atoms with Crippen molar-refractivity contribution in [1.82, 2.24) is 0 Å². The van der Waals surface area contributed by atoms with E-state index in [4.69, 9.17) is 9.47 Å². The molecule has 0 bridgehead atoms. The summed E-state index contributed by atoms with van der Waals surface area (Å²) in [6, 6.07) is 17.1. The molecule has 0 saturated carbocycles. The van der Waals surface area contributed by atoms with Crippen LogP contribution in [0.2, 0.25) is 0 Å². The third kappa shape index (κ3) is 6.01. The van der Waals surface area contributed by atoms with Gasteiger partial charge >= 0.3 is 5.97 Å². The van der Waals surface area contributed by atoms with Crippen molar-refractivity contribution < 1.29 is 19.4 Å². The Bertz CT molecular complexity index is 1080. The molecule has 2 N–H and O–H groups in total. The van der Waals surface area contributed by atoms with E-state index in [0.717, 1.165) is 26.9 Å². The van der Waals surface area contributed by atoms with Gasteiger partial charge in [0.2, 0.25) is 0 Å². The van der Waals surface area contributed by atoms with E-state index in [1.54, 1.807) is 18.2 Å². The summed E-state index contributed by atoms with van der Waals surface area (Å²) in [5.41, 5.74) is 5.27. The Morgan fingerprint density at radius 3 is 2.52 bits per heavy atom. The number of nitrogens with one attached hydrogen (secondary N) is 1. The molecule has 3 aromatic rings. The van der Waals surface area contributed by atoms with Crippen LogP contribution in [0.15, 0.2) is 59.1 Å². The molecule has 3 aromatic carbocycles. The van der Waals surface area contributed by atoms with Gasteiger partial charge in [0, 0.05) is 16.7 Å². The predicted molar refractivity (Wildman–Crippen MR) is 126 cm³/mol. The fourth-order valence-electron chi connectivity index (χ4n) is 3.19. The lowest BCUT2D eigenvalue weighted by Gasteiger charge is -2.17. The van der Waals surface area contributed by atoms with Gasteiger partial charge in [0.05, 0.1) is 12.2 Å². The molecule has 0 aliphatic carbocycles. The van der Waals surface area contributed by atoms with Gasteiger partial charge in [-0.25, -0.2) is 4.79 Å². The zero-order valence-corrected chi connectivity index (χ0v) is 19.5. The minimum atomic E-state index is -0.946. The Labute approximate surface area is 191 Å². The summed E-state index contributed by atoms with van der Waals surface area (Å²) >= 11 is 3.63. The Morgan fingerprint density at radius 2 is 1.81 bits per heavy atom. The van der Waals surface area contributed by atoms with E-state index in [1.807, 2.05) is 38.1 Å². The Balaban J connectivity index is 1.78. The van der Waals surface area contributed by atoms with Crippen LogP contribution < -0.4 is 14.8 Å². The number of carbonyl (C=O) groups is 1. The first-order chi connectivity index (χ1) is 14.9. The first-order valence-corrected chi connectivity index (χ1v) is 10.9. The first-order valence-electron chi connectivity index (χ1n) is 10.1. The van der Waals surface area contributed by atoms with E-state index in [-0.39, 0.29) is 5.56 Å². The van der Waals surface area contributed by atoms with Gasteiger partial charge in [0.25, 0.3) is 0 Å². The van der Waals surface area contributed by atoms with Crippen molar-refractivity contribution in [2.75, 3.05) is 11.9 Å². The molecular formula is C25H26BrNO4. The van der Waals surface area contributed by atoms with Crippen LogP contribution in [0.3, 0.4) is 0 Å². The second-order valence-corrected chi connectivity index (χ2v) is 8.14. The maximum Gasteiger partial charge on any atom is 0.335 e.